The first-order chi connectivity index (χ1) is 9.79. The summed E-state index contributed by atoms with van der Waals surface area (Å²) in [4.78, 5) is 8.65. The fraction of sp³-hybridized carbons (Fsp3) is 0.333. The van der Waals surface area contributed by atoms with Crippen LogP contribution in [-0.4, -0.2) is 29.7 Å². The van der Waals surface area contributed by atoms with Gasteiger partial charge >= 0.3 is 0 Å². The molecule has 2 aromatic rings. The van der Waals surface area contributed by atoms with E-state index in [0.717, 1.165) is 37.4 Å². The van der Waals surface area contributed by atoms with Crippen LogP contribution in [0.4, 0.5) is 5.95 Å². The van der Waals surface area contributed by atoms with E-state index in [0.29, 0.717) is 11.1 Å². The van der Waals surface area contributed by atoms with Crippen LogP contribution in [0.1, 0.15) is 13.3 Å². The number of hydrogen-bond acceptors (Lipinski definition) is 4. The lowest BCUT2D eigenvalue weighted by atomic mass is 10.1. The van der Waals surface area contributed by atoms with Gasteiger partial charge in [-0.2, -0.15) is 0 Å². The summed E-state index contributed by atoms with van der Waals surface area (Å²) < 4.78 is 5.28. The largest absolute Gasteiger partial charge is 0.382 e. The summed E-state index contributed by atoms with van der Waals surface area (Å²) in [6, 6.07) is 11.7. The van der Waals surface area contributed by atoms with Crippen molar-refractivity contribution in [3.8, 4) is 11.3 Å². The first-order valence-corrected chi connectivity index (χ1v) is 7.09. The fourth-order valence-corrected chi connectivity index (χ4v) is 1.96. The van der Waals surface area contributed by atoms with Crippen LogP contribution < -0.4 is 5.32 Å². The highest BCUT2D eigenvalue weighted by Crippen LogP contribution is 2.20. The van der Waals surface area contributed by atoms with Crippen LogP contribution in [-0.2, 0) is 4.74 Å². The van der Waals surface area contributed by atoms with E-state index < -0.39 is 0 Å². The SMILES string of the molecule is CCOCCCNc1nc(Cl)cc(-c2ccccc2)n1. The van der Waals surface area contributed by atoms with Gasteiger partial charge in [0.15, 0.2) is 0 Å². The molecule has 0 spiro atoms. The summed E-state index contributed by atoms with van der Waals surface area (Å²) in [7, 11) is 0. The summed E-state index contributed by atoms with van der Waals surface area (Å²) in [6.07, 6.45) is 0.907. The molecule has 2 rings (SSSR count). The molecular formula is C15H18ClN3O. The number of aromatic nitrogens is 2. The number of anilines is 1. The highest BCUT2D eigenvalue weighted by molar-refractivity contribution is 6.29. The Balaban J connectivity index is 2.02. The standard InChI is InChI=1S/C15H18ClN3O/c1-2-20-10-6-9-17-15-18-13(11-14(16)19-15)12-7-4-3-5-8-12/h3-5,7-8,11H,2,6,9-10H2,1H3,(H,17,18,19). The summed E-state index contributed by atoms with van der Waals surface area (Å²) in [6.45, 7) is 4.22. The van der Waals surface area contributed by atoms with E-state index >= 15 is 0 Å². The van der Waals surface area contributed by atoms with Gasteiger partial charge < -0.3 is 10.1 Å². The maximum absolute atomic E-state index is 6.05. The van der Waals surface area contributed by atoms with Crippen molar-refractivity contribution in [1.82, 2.24) is 9.97 Å². The summed E-state index contributed by atoms with van der Waals surface area (Å²) in [5, 5.41) is 3.60. The Kier molecular flexibility index (Phi) is 5.77. The van der Waals surface area contributed by atoms with Crippen molar-refractivity contribution in [2.45, 2.75) is 13.3 Å². The molecule has 20 heavy (non-hydrogen) atoms. The molecule has 4 nitrogen and oxygen atoms in total. The van der Waals surface area contributed by atoms with Gasteiger partial charge in [-0.15, -0.1) is 0 Å². The van der Waals surface area contributed by atoms with Crippen molar-refractivity contribution >= 4 is 17.5 Å². The molecule has 1 heterocycles. The van der Waals surface area contributed by atoms with Gasteiger partial charge in [-0.05, 0) is 13.3 Å². The zero-order chi connectivity index (χ0) is 14.2. The van der Waals surface area contributed by atoms with Gasteiger partial charge in [0.2, 0.25) is 5.95 Å². The van der Waals surface area contributed by atoms with E-state index in [9.17, 15) is 0 Å². The molecule has 0 saturated carbocycles. The third-order valence-electron chi connectivity index (χ3n) is 2.72. The van der Waals surface area contributed by atoms with Crippen molar-refractivity contribution in [2.24, 2.45) is 0 Å². The average molecular weight is 292 g/mol. The second kappa shape index (κ2) is 7.82. The number of benzene rings is 1. The number of ether oxygens (including phenoxy) is 1. The van der Waals surface area contributed by atoms with Crippen LogP contribution in [0, 0.1) is 0 Å². The van der Waals surface area contributed by atoms with Gasteiger partial charge in [0.25, 0.3) is 0 Å². The molecule has 1 aromatic heterocycles. The predicted octanol–water partition coefficient (Wildman–Crippen LogP) is 3.64. The molecule has 0 aliphatic rings. The maximum Gasteiger partial charge on any atom is 0.224 e. The van der Waals surface area contributed by atoms with Gasteiger partial charge in [0, 0.05) is 31.4 Å². The second-order valence-corrected chi connectivity index (χ2v) is 4.63. The lowest BCUT2D eigenvalue weighted by Crippen LogP contribution is -2.08. The Hall–Kier alpha value is -1.65. The molecule has 0 radical (unpaired) electrons. The third-order valence-corrected chi connectivity index (χ3v) is 2.91. The first-order valence-electron chi connectivity index (χ1n) is 6.71. The van der Waals surface area contributed by atoms with Crippen LogP contribution >= 0.6 is 11.6 Å². The van der Waals surface area contributed by atoms with Gasteiger partial charge in [0.05, 0.1) is 5.69 Å². The maximum atomic E-state index is 6.05. The molecule has 0 bridgehead atoms. The molecular weight excluding hydrogens is 274 g/mol. The van der Waals surface area contributed by atoms with Crippen LogP contribution in [0.15, 0.2) is 36.4 Å². The van der Waals surface area contributed by atoms with Crippen molar-refractivity contribution in [3.63, 3.8) is 0 Å². The Morgan fingerprint density at radius 3 is 2.75 bits per heavy atom. The molecule has 0 aliphatic carbocycles. The molecule has 1 aromatic carbocycles. The smallest absolute Gasteiger partial charge is 0.224 e. The van der Waals surface area contributed by atoms with E-state index in [-0.39, 0.29) is 0 Å². The van der Waals surface area contributed by atoms with Crippen molar-refractivity contribution < 1.29 is 4.74 Å². The van der Waals surface area contributed by atoms with Crippen LogP contribution in [0.3, 0.4) is 0 Å². The second-order valence-electron chi connectivity index (χ2n) is 4.24. The molecule has 0 atom stereocenters. The molecule has 0 amide bonds. The van der Waals surface area contributed by atoms with Gasteiger partial charge in [-0.1, -0.05) is 41.9 Å². The molecule has 106 valence electrons. The molecule has 0 saturated heterocycles. The third kappa shape index (κ3) is 4.47. The van der Waals surface area contributed by atoms with E-state index in [2.05, 4.69) is 15.3 Å². The summed E-state index contributed by atoms with van der Waals surface area (Å²) in [5.41, 5.74) is 1.84. The fourth-order valence-electron chi connectivity index (χ4n) is 1.77. The molecule has 0 fully saturated rings. The van der Waals surface area contributed by atoms with Crippen LogP contribution in [0.2, 0.25) is 5.15 Å². The number of nitrogens with one attached hydrogen (secondary N) is 1. The highest BCUT2D eigenvalue weighted by atomic mass is 35.5. The quantitative estimate of drug-likeness (QED) is 0.625. The Labute approximate surface area is 124 Å². The minimum atomic E-state index is 0.436. The van der Waals surface area contributed by atoms with Gasteiger partial charge in [-0.3, -0.25) is 0 Å². The minimum absolute atomic E-state index is 0.436. The number of halogens is 1. The Morgan fingerprint density at radius 2 is 2.00 bits per heavy atom. The van der Waals surface area contributed by atoms with E-state index in [4.69, 9.17) is 16.3 Å². The van der Waals surface area contributed by atoms with E-state index in [1.807, 2.05) is 37.3 Å². The Morgan fingerprint density at radius 1 is 1.20 bits per heavy atom. The number of nitrogens with zero attached hydrogens (tertiary/aromatic N) is 2. The van der Waals surface area contributed by atoms with Crippen LogP contribution in [0.25, 0.3) is 11.3 Å². The summed E-state index contributed by atoms with van der Waals surface area (Å²) in [5.74, 6) is 0.549. The van der Waals surface area contributed by atoms with Crippen molar-refractivity contribution in [1.29, 1.82) is 0 Å². The molecule has 5 heteroatoms. The van der Waals surface area contributed by atoms with Crippen molar-refractivity contribution in [2.75, 3.05) is 25.1 Å². The first kappa shape index (κ1) is 14.8. The van der Waals surface area contributed by atoms with Crippen molar-refractivity contribution in [3.05, 3.63) is 41.6 Å². The van der Waals surface area contributed by atoms with E-state index in [1.165, 1.54) is 0 Å². The molecule has 0 unspecified atom stereocenters. The normalized spacial score (nSPS) is 10.5. The lowest BCUT2D eigenvalue weighted by Gasteiger charge is -2.07. The van der Waals surface area contributed by atoms with Crippen LogP contribution in [0.5, 0.6) is 0 Å². The van der Waals surface area contributed by atoms with Gasteiger partial charge in [-0.25, -0.2) is 9.97 Å². The number of hydrogen-bond donors (Lipinski definition) is 1. The molecule has 0 aliphatic heterocycles. The molecule has 1 N–H and O–H groups in total. The zero-order valence-corrected chi connectivity index (χ0v) is 12.2. The highest BCUT2D eigenvalue weighted by Gasteiger charge is 2.04. The lowest BCUT2D eigenvalue weighted by molar-refractivity contribution is 0.147. The summed E-state index contributed by atoms with van der Waals surface area (Å²) >= 11 is 6.05. The number of rotatable bonds is 7. The zero-order valence-electron chi connectivity index (χ0n) is 11.5. The predicted molar refractivity (Wildman–Crippen MR) is 82.1 cm³/mol. The Bertz CT molecular complexity index is 534. The minimum Gasteiger partial charge on any atom is -0.382 e. The van der Waals surface area contributed by atoms with E-state index in [1.54, 1.807) is 6.07 Å². The monoisotopic (exact) mass is 291 g/mol. The van der Waals surface area contributed by atoms with Gasteiger partial charge in [0.1, 0.15) is 5.15 Å². The topological polar surface area (TPSA) is 47.0 Å². The average Bonchev–Trinajstić information content (AvgIpc) is 2.47.